The Morgan fingerprint density at radius 3 is 2.20 bits per heavy atom. The molecule has 11 heteroatoms. The summed E-state index contributed by atoms with van der Waals surface area (Å²) in [4.78, 5) is 31.9. The van der Waals surface area contributed by atoms with Gasteiger partial charge in [0.15, 0.2) is 0 Å². The predicted octanol–water partition coefficient (Wildman–Crippen LogP) is -1.65. The summed E-state index contributed by atoms with van der Waals surface area (Å²) in [5, 5.41) is 1.64. The molecule has 0 aliphatic rings. The molecule has 0 heterocycles. The summed E-state index contributed by atoms with van der Waals surface area (Å²) in [6.45, 7) is -0.871. The van der Waals surface area contributed by atoms with Crippen molar-refractivity contribution in [2.24, 2.45) is 0 Å². The zero-order valence-electron chi connectivity index (χ0n) is 7.87. The van der Waals surface area contributed by atoms with Crippen molar-refractivity contribution in [3.63, 3.8) is 0 Å². The van der Waals surface area contributed by atoms with Crippen LogP contribution in [0, 0.1) is 0 Å². The summed E-state index contributed by atoms with van der Waals surface area (Å²) in [6, 6.07) is 0. The molecule has 1 N–H and O–H groups in total. The summed E-state index contributed by atoms with van der Waals surface area (Å²) < 4.78 is 32.8. The van der Waals surface area contributed by atoms with E-state index >= 15 is 0 Å². The highest BCUT2D eigenvalue weighted by atomic mass is 31.2. The summed E-state index contributed by atoms with van der Waals surface area (Å²) in [7, 11) is -7.36. The lowest BCUT2D eigenvalue weighted by atomic mass is 10.7. The second-order valence-corrected chi connectivity index (χ2v) is 5.23. The Hall–Kier alpha value is -0.270. The van der Waals surface area contributed by atoms with Crippen LogP contribution >= 0.6 is 15.6 Å². The maximum Gasteiger partial charge on any atom is 0.326 e. The average Bonchev–Trinajstić information content (AvgIpc) is 2.15. The largest absolute Gasteiger partial charge is 0.766 e. The first-order chi connectivity index (χ1) is 6.72. The number of carbonyl (C=O) groups excluding carboxylic acids is 1. The third-order valence-corrected chi connectivity index (χ3v) is 3.00. The molecule has 0 aliphatic heterocycles. The van der Waals surface area contributed by atoms with Gasteiger partial charge in [0.2, 0.25) is 7.75 Å². The number of phosphoric acid groups is 1. The highest BCUT2D eigenvalue weighted by molar-refractivity contribution is 7.49. The van der Waals surface area contributed by atoms with Gasteiger partial charge in [0.25, 0.3) is 0 Å². The molecule has 0 radical (unpaired) electrons. The molecule has 0 fully saturated rings. The molecule has 90 valence electrons. The van der Waals surface area contributed by atoms with Gasteiger partial charge in [-0.15, -0.1) is 0 Å². The minimum atomic E-state index is -4.69. The molecule has 2 atom stereocenters. The number of hydrogen-bond donors (Lipinski definition) is 1. The van der Waals surface area contributed by atoms with E-state index in [2.05, 4.69) is 13.6 Å². The van der Waals surface area contributed by atoms with Crippen molar-refractivity contribution >= 4 is 21.5 Å². The van der Waals surface area contributed by atoms with Gasteiger partial charge >= 0.3 is 13.8 Å². The lowest BCUT2D eigenvalue weighted by Gasteiger charge is -2.23. The molecule has 0 bridgehead atoms. The molecule has 0 aromatic rings. The molecule has 0 spiro atoms. The molecular formula is C4H9NO8P2-2. The minimum Gasteiger partial charge on any atom is -0.766 e. The van der Waals surface area contributed by atoms with Gasteiger partial charge in [0.1, 0.15) is 6.54 Å². The van der Waals surface area contributed by atoms with E-state index in [1.807, 2.05) is 0 Å². The first-order valence-corrected chi connectivity index (χ1v) is 6.44. The van der Waals surface area contributed by atoms with E-state index in [0.717, 1.165) is 14.2 Å². The van der Waals surface area contributed by atoms with Crippen LogP contribution in [0.4, 0.5) is 0 Å². The van der Waals surface area contributed by atoms with Crippen LogP contribution in [0.2, 0.25) is 0 Å². The molecule has 15 heavy (non-hydrogen) atoms. The fraction of sp³-hybridized carbons (Fsp3) is 0.750. The lowest BCUT2D eigenvalue weighted by Crippen LogP contribution is -2.28. The van der Waals surface area contributed by atoms with E-state index in [-0.39, 0.29) is 0 Å². The van der Waals surface area contributed by atoms with Crippen molar-refractivity contribution in [2.45, 2.75) is 0 Å². The molecule has 9 nitrogen and oxygen atoms in total. The first-order valence-electron chi connectivity index (χ1n) is 3.43. The zero-order chi connectivity index (χ0) is 12.1. The van der Waals surface area contributed by atoms with Crippen LogP contribution in [0.1, 0.15) is 0 Å². The highest BCUT2D eigenvalue weighted by Gasteiger charge is 2.15. The van der Waals surface area contributed by atoms with Crippen molar-refractivity contribution in [3.8, 4) is 0 Å². The second-order valence-electron chi connectivity index (χ2n) is 2.11. The van der Waals surface area contributed by atoms with Crippen LogP contribution in [0.15, 0.2) is 0 Å². The van der Waals surface area contributed by atoms with Gasteiger partial charge in [0, 0.05) is 14.2 Å². The summed E-state index contributed by atoms with van der Waals surface area (Å²) in [5.41, 5.74) is 0. The van der Waals surface area contributed by atoms with E-state index in [9.17, 15) is 23.7 Å². The standard InChI is InChI=1S/C4H11NO8P2/c1-11-14(7,8)5-3-4(6)13-15(9,10)12-2/h3H2,1-2H3,(H,9,10)(H2,5,7,8)/p-2. The van der Waals surface area contributed by atoms with E-state index < -0.39 is 28.1 Å². The molecule has 0 saturated carbocycles. The van der Waals surface area contributed by atoms with Crippen LogP contribution in [0.5, 0.6) is 0 Å². The monoisotopic (exact) mass is 261 g/mol. The van der Waals surface area contributed by atoms with Crippen molar-refractivity contribution in [1.82, 2.24) is 5.09 Å². The Kier molecular flexibility index (Phi) is 5.61. The van der Waals surface area contributed by atoms with Crippen LogP contribution < -0.4 is 14.9 Å². The van der Waals surface area contributed by atoms with Crippen molar-refractivity contribution < 1.29 is 37.3 Å². The third kappa shape index (κ3) is 6.75. The van der Waals surface area contributed by atoms with E-state index in [4.69, 9.17) is 0 Å². The van der Waals surface area contributed by atoms with E-state index in [1.165, 1.54) is 0 Å². The van der Waals surface area contributed by atoms with Crippen molar-refractivity contribution in [1.29, 1.82) is 0 Å². The number of phosphoric ester groups is 1. The summed E-state index contributed by atoms with van der Waals surface area (Å²) in [5.74, 6) is -1.33. The van der Waals surface area contributed by atoms with Gasteiger partial charge in [-0.3, -0.25) is 13.9 Å². The van der Waals surface area contributed by atoms with Crippen molar-refractivity contribution in [2.75, 3.05) is 20.8 Å². The molecule has 2 unspecified atom stereocenters. The fourth-order valence-electron chi connectivity index (χ4n) is 0.420. The zero-order valence-corrected chi connectivity index (χ0v) is 9.66. The Bertz CT molecular complexity index is 316. The molecular weight excluding hydrogens is 252 g/mol. The van der Waals surface area contributed by atoms with Gasteiger partial charge in [0.05, 0.1) is 0 Å². The lowest BCUT2D eigenvalue weighted by molar-refractivity contribution is -0.222. The number of carbonyl (C=O) groups is 1. The number of rotatable bonds is 6. The Morgan fingerprint density at radius 1 is 1.27 bits per heavy atom. The minimum absolute atomic E-state index is 0.794. The van der Waals surface area contributed by atoms with Crippen LogP contribution in [-0.4, -0.2) is 26.7 Å². The van der Waals surface area contributed by atoms with Crippen LogP contribution in [0.3, 0.4) is 0 Å². The van der Waals surface area contributed by atoms with Crippen molar-refractivity contribution in [3.05, 3.63) is 0 Å². The Morgan fingerprint density at radius 2 is 1.80 bits per heavy atom. The predicted molar refractivity (Wildman–Crippen MR) is 43.3 cm³/mol. The summed E-state index contributed by atoms with van der Waals surface area (Å²) >= 11 is 0. The fourth-order valence-corrected chi connectivity index (χ4v) is 1.26. The van der Waals surface area contributed by atoms with Crippen LogP contribution in [0.25, 0.3) is 0 Å². The Balaban J connectivity index is 4.08. The summed E-state index contributed by atoms with van der Waals surface area (Å²) in [6.07, 6.45) is 0. The quantitative estimate of drug-likeness (QED) is 0.557. The number of nitrogens with one attached hydrogen (secondary N) is 1. The second kappa shape index (κ2) is 5.72. The smallest absolute Gasteiger partial charge is 0.326 e. The SMILES string of the molecule is COP(=O)([O-])NCC(=O)OP(=O)([O-])OC. The molecule has 0 aromatic carbocycles. The van der Waals surface area contributed by atoms with Gasteiger partial charge in [-0.1, -0.05) is 0 Å². The highest BCUT2D eigenvalue weighted by Crippen LogP contribution is 2.37. The maximum absolute atomic E-state index is 10.7. The van der Waals surface area contributed by atoms with Gasteiger partial charge in [-0.2, -0.15) is 0 Å². The normalized spacial score (nSPS) is 18.9. The topological polar surface area (TPSA) is 137 Å². The molecule has 0 saturated heterocycles. The average molecular weight is 261 g/mol. The van der Waals surface area contributed by atoms with E-state index in [0.29, 0.717) is 0 Å². The van der Waals surface area contributed by atoms with E-state index in [1.54, 1.807) is 5.09 Å². The molecule has 0 aromatic heterocycles. The Labute approximate surface area is 85.5 Å². The number of hydrogen-bond acceptors (Lipinski definition) is 8. The first kappa shape index (κ1) is 14.7. The van der Waals surface area contributed by atoms with Gasteiger partial charge < -0.3 is 23.4 Å². The molecule has 0 rings (SSSR count). The third-order valence-electron chi connectivity index (χ3n) is 1.09. The maximum atomic E-state index is 10.7. The van der Waals surface area contributed by atoms with Gasteiger partial charge in [-0.05, 0) is 0 Å². The molecule has 0 aliphatic carbocycles. The molecule has 0 amide bonds. The van der Waals surface area contributed by atoms with Crippen LogP contribution in [-0.2, 0) is 27.5 Å². The van der Waals surface area contributed by atoms with Gasteiger partial charge in [-0.25, -0.2) is 5.09 Å².